The molecule has 0 spiro atoms. The number of unbranched alkanes of at least 4 members (excludes halogenated alkanes) is 4. The molecule has 0 aromatic heterocycles. The van der Waals surface area contributed by atoms with Crippen LogP contribution in [0, 0.1) is 0 Å². The molecular weight excluding hydrogens is 240 g/mol. The Labute approximate surface area is 122 Å². The van der Waals surface area contributed by atoms with Gasteiger partial charge < -0.3 is 15.3 Å². The first kappa shape index (κ1) is 27.3. The van der Waals surface area contributed by atoms with Crippen LogP contribution < -0.4 is 0 Å². The van der Waals surface area contributed by atoms with Gasteiger partial charge in [-0.1, -0.05) is 66.7 Å². The molecule has 0 amide bonds. The minimum Gasteiger partial charge on any atom is -0.396 e. The summed E-state index contributed by atoms with van der Waals surface area (Å²) in [5.74, 6) is 0. The van der Waals surface area contributed by atoms with Gasteiger partial charge in [0, 0.05) is 19.8 Å². The van der Waals surface area contributed by atoms with Crippen molar-refractivity contribution in [3.63, 3.8) is 0 Å². The molecular formula is C16H40O3. The third kappa shape index (κ3) is 95.3. The molecule has 0 radical (unpaired) electrons. The summed E-state index contributed by atoms with van der Waals surface area (Å²) < 4.78 is 0. The highest BCUT2D eigenvalue weighted by molar-refractivity contribution is 4.24. The van der Waals surface area contributed by atoms with Crippen molar-refractivity contribution in [2.45, 2.75) is 86.0 Å². The summed E-state index contributed by atoms with van der Waals surface area (Å²) in [6, 6.07) is 0. The summed E-state index contributed by atoms with van der Waals surface area (Å²) in [6.07, 6.45) is 8.75. The van der Waals surface area contributed by atoms with Gasteiger partial charge in [-0.3, -0.25) is 0 Å². The van der Waals surface area contributed by atoms with Crippen LogP contribution in [0.15, 0.2) is 0 Å². The Bertz CT molecular complexity index is 65.8. The van der Waals surface area contributed by atoms with Crippen molar-refractivity contribution in [3.8, 4) is 0 Å². The predicted molar refractivity (Wildman–Crippen MR) is 86.6 cm³/mol. The summed E-state index contributed by atoms with van der Waals surface area (Å²) in [4.78, 5) is 0. The van der Waals surface area contributed by atoms with E-state index in [0.717, 1.165) is 38.5 Å². The Kier molecular flexibility index (Phi) is 61.7. The maximum Gasteiger partial charge on any atom is 0.0430 e. The van der Waals surface area contributed by atoms with Gasteiger partial charge in [-0.15, -0.1) is 0 Å². The standard InChI is InChI=1S/3C4H10O.C4H10/c3*1-2-3-4-5;1-3-4-2/h3*5H,2-4H2,1H3;3-4H2,1-2H3. The van der Waals surface area contributed by atoms with Gasteiger partial charge >= 0.3 is 0 Å². The zero-order valence-electron chi connectivity index (χ0n) is 14.1. The normalized spacial score (nSPS) is 8.21. The maximum absolute atomic E-state index is 8.07. The van der Waals surface area contributed by atoms with E-state index >= 15 is 0 Å². The highest BCUT2D eigenvalue weighted by Gasteiger charge is 1.70. The first-order valence-corrected chi connectivity index (χ1v) is 7.98. The number of rotatable bonds is 7. The molecule has 0 aromatic carbocycles. The predicted octanol–water partition coefficient (Wildman–Crippen LogP) is 4.14. The van der Waals surface area contributed by atoms with Gasteiger partial charge in [0.15, 0.2) is 0 Å². The molecule has 0 rings (SSSR count). The molecule has 0 aliphatic carbocycles. The van der Waals surface area contributed by atoms with Crippen LogP contribution >= 0.6 is 0 Å². The second kappa shape index (κ2) is 43.0. The second-order valence-electron chi connectivity index (χ2n) is 4.23. The summed E-state index contributed by atoms with van der Waals surface area (Å²) in [7, 11) is 0. The van der Waals surface area contributed by atoms with Gasteiger partial charge in [-0.2, -0.15) is 0 Å². The molecule has 3 nitrogen and oxygen atoms in total. The number of hydrogen-bond acceptors (Lipinski definition) is 3. The monoisotopic (exact) mass is 280 g/mol. The first-order chi connectivity index (χ1) is 9.16. The van der Waals surface area contributed by atoms with Crippen molar-refractivity contribution >= 4 is 0 Å². The molecule has 0 unspecified atom stereocenters. The molecule has 0 bridgehead atoms. The number of aliphatic hydroxyl groups excluding tert-OH is 3. The van der Waals surface area contributed by atoms with E-state index < -0.39 is 0 Å². The summed E-state index contributed by atoms with van der Waals surface area (Å²) >= 11 is 0. The molecule has 3 N–H and O–H groups in total. The van der Waals surface area contributed by atoms with Crippen LogP contribution in [0.5, 0.6) is 0 Å². The smallest absolute Gasteiger partial charge is 0.0430 e. The minimum atomic E-state index is 0.344. The van der Waals surface area contributed by atoms with Crippen molar-refractivity contribution in [3.05, 3.63) is 0 Å². The largest absolute Gasteiger partial charge is 0.396 e. The highest BCUT2D eigenvalue weighted by atomic mass is 16.3. The second-order valence-corrected chi connectivity index (χ2v) is 4.23. The Hall–Kier alpha value is -0.120. The van der Waals surface area contributed by atoms with Crippen LogP contribution in [-0.4, -0.2) is 35.1 Å². The van der Waals surface area contributed by atoms with E-state index in [-0.39, 0.29) is 0 Å². The summed E-state index contributed by atoms with van der Waals surface area (Å²) in [5, 5.41) is 24.2. The zero-order valence-corrected chi connectivity index (χ0v) is 14.1. The quantitative estimate of drug-likeness (QED) is 0.656. The Morgan fingerprint density at radius 3 is 0.632 bits per heavy atom. The Morgan fingerprint density at radius 1 is 0.421 bits per heavy atom. The van der Waals surface area contributed by atoms with Crippen LogP contribution in [-0.2, 0) is 0 Å². The van der Waals surface area contributed by atoms with E-state index in [2.05, 4.69) is 34.6 Å². The molecule has 3 heteroatoms. The van der Waals surface area contributed by atoms with E-state index in [1.54, 1.807) is 0 Å². The van der Waals surface area contributed by atoms with E-state index in [9.17, 15) is 0 Å². The van der Waals surface area contributed by atoms with E-state index in [0.29, 0.717) is 19.8 Å². The average molecular weight is 280 g/mol. The average Bonchev–Trinajstić information content (AvgIpc) is 2.43. The fourth-order valence-electron chi connectivity index (χ4n) is 0.474. The van der Waals surface area contributed by atoms with Crippen molar-refractivity contribution in [2.75, 3.05) is 19.8 Å². The molecule has 0 aliphatic heterocycles. The fourth-order valence-corrected chi connectivity index (χ4v) is 0.474. The lowest BCUT2D eigenvalue weighted by Crippen LogP contribution is -1.75. The Morgan fingerprint density at radius 2 is 0.632 bits per heavy atom. The molecule has 122 valence electrons. The lowest BCUT2D eigenvalue weighted by Gasteiger charge is -1.79. The van der Waals surface area contributed by atoms with Crippen LogP contribution in [0.25, 0.3) is 0 Å². The lowest BCUT2D eigenvalue weighted by atomic mass is 10.4. The fraction of sp³-hybridized carbons (Fsp3) is 1.00. The topological polar surface area (TPSA) is 60.7 Å². The van der Waals surface area contributed by atoms with E-state index in [1.165, 1.54) is 12.8 Å². The molecule has 0 aromatic rings. The molecule has 0 saturated carbocycles. The molecule has 0 heterocycles. The van der Waals surface area contributed by atoms with Crippen molar-refractivity contribution < 1.29 is 15.3 Å². The maximum atomic E-state index is 8.07. The van der Waals surface area contributed by atoms with Gasteiger partial charge in [-0.05, 0) is 19.3 Å². The highest BCUT2D eigenvalue weighted by Crippen LogP contribution is 1.79. The summed E-state index contributed by atoms with van der Waals surface area (Å²) in [5.41, 5.74) is 0. The van der Waals surface area contributed by atoms with Gasteiger partial charge in [0.25, 0.3) is 0 Å². The van der Waals surface area contributed by atoms with Gasteiger partial charge in [-0.25, -0.2) is 0 Å². The third-order valence-corrected chi connectivity index (χ3v) is 2.04. The number of hydrogen-bond donors (Lipinski definition) is 3. The van der Waals surface area contributed by atoms with Crippen molar-refractivity contribution in [2.24, 2.45) is 0 Å². The van der Waals surface area contributed by atoms with Crippen LogP contribution in [0.3, 0.4) is 0 Å². The molecule has 0 fully saturated rings. The van der Waals surface area contributed by atoms with Gasteiger partial charge in [0.1, 0.15) is 0 Å². The van der Waals surface area contributed by atoms with Crippen LogP contribution in [0.1, 0.15) is 86.0 Å². The zero-order chi connectivity index (χ0) is 15.8. The molecule has 19 heavy (non-hydrogen) atoms. The minimum absolute atomic E-state index is 0.344. The third-order valence-electron chi connectivity index (χ3n) is 2.04. The lowest BCUT2D eigenvalue weighted by molar-refractivity contribution is 0.286. The van der Waals surface area contributed by atoms with Crippen LogP contribution in [0.4, 0.5) is 0 Å². The van der Waals surface area contributed by atoms with Crippen molar-refractivity contribution in [1.82, 2.24) is 0 Å². The van der Waals surface area contributed by atoms with Gasteiger partial charge in [0.2, 0.25) is 0 Å². The first-order valence-electron chi connectivity index (χ1n) is 7.98. The SMILES string of the molecule is CCCC.CCCCO.CCCCO.CCCCO. The number of aliphatic hydroxyl groups is 3. The molecule has 0 aliphatic rings. The van der Waals surface area contributed by atoms with Gasteiger partial charge in [0.05, 0.1) is 0 Å². The Balaban J connectivity index is -0.0000000793. The van der Waals surface area contributed by atoms with E-state index in [4.69, 9.17) is 15.3 Å². The molecule has 0 saturated heterocycles. The van der Waals surface area contributed by atoms with E-state index in [1.807, 2.05) is 0 Å². The molecule has 0 atom stereocenters. The van der Waals surface area contributed by atoms with Crippen LogP contribution in [0.2, 0.25) is 0 Å². The van der Waals surface area contributed by atoms with Crippen molar-refractivity contribution in [1.29, 1.82) is 0 Å². The summed E-state index contributed by atoms with van der Waals surface area (Å²) in [6.45, 7) is 11.5.